The Kier molecular flexibility index (Phi) is 4.20. The van der Waals surface area contributed by atoms with E-state index in [1.807, 2.05) is 14.0 Å². The van der Waals surface area contributed by atoms with E-state index >= 15 is 0 Å². The summed E-state index contributed by atoms with van der Waals surface area (Å²) >= 11 is 0. The highest BCUT2D eigenvalue weighted by molar-refractivity contribution is 7.89. The first-order valence-corrected chi connectivity index (χ1v) is 9.36. The molecule has 1 fully saturated rings. The molecule has 126 valence electrons. The van der Waals surface area contributed by atoms with E-state index in [2.05, 4.69) is 4.90 Å². The van der Waals surface area contributed by atoms with Crippen LogP contribution in [0.3, 0.4) is 0 Å². The number of nitrogens with zero attached hydrogens (tertiary/aromatic N) is 3. The van der Waals surface area contributed by atoms with Gasteiger partial charge in [-0.05, 0) is 44.2 Å². The van der Waals surface area contributed by atoms with Crippen LogP contribution in [0.5, 0.6) is 0 Å². The molecule has 0 aromatic heterocycles. The fourth-order valence-corrected chi connectivity index (χ4v) is 4.90. The van der Waals surface area contributed by atoms with Gasteiger partial charge in [0.25, 0.3) is 0 Å². The van der Waals surface area contributed by atoms with Crippen molar-refractivity contribution in [3.8, 4) is 0 Å². The molecule has 1 aromatic carbocycles. The largest absolute Gasteiger partial charge is 0.309 e. The average molecular weight is 337 g/mol. The standard InChI is InChI=1S/C16H23N3O3S/c1-12-10-14-11-15(4-5-16(14)19(12)13(2)20)23(21,22)18-8-6-17(3)7-9-18/h4-5,11-12H,6-10H2,1-3H3. The quantitative estimate of drug-likeness (QED) is 0.805. The second-order valence-electron chi connectivity index (χ2n) is 6.44. The van der Waals surface area contributed by atoms with Crippen molar-refractivity contribution in [2.45, 2.75) is 31.2 Å². The van der Waals surface area contributed by atoms with E-state index in [-0.39, 0.29) is 11.9 Å². The summed E-state index contributed by atoms with van der Waals surface area (Å²) < 4.78 is 27.2. The molecule has 1 aromatic rings. The molecule has 0 bridgehead atoms. The number of fused-ring (bicyclic) bond motifs is 1. The van der Waals surface area contributed by atoms with Gasteiger partial charge in [-0.25, -0.2) is 8.42 Å². The predicted octanol–water partition coefficient (Wildman–Crippen LogP) is 0.920. The number of sulfonamides is 1. The predicted molar refractivity (Wildman–Crippen MR) is 89.0 cm³/mol. The molecule has 0 N–H and O–H groups in total. The third-order valence-electron chi connectivity index (χ3n) is 4.71. The Morgan fingerprint density at radius 2 is 1.83 bits per heavy atom. The highest BCUT2D eigenvalue weighted by atomic mass is 32.2. The molecule has 6 nitrogen and oxygen atoms in total. The second kappa shape index (κ2) is 5.89. The van der Waals surface area contributed by atoms with E-state index < -0.39 is 10.0 Å². The number of carbonyl (C=O) groups is 1. The van der Waals surface area contributed by atoms with Gasteiger partial charge < -0.3 is 9.80 Å². The monoisotopic (exact) mass is 337 g/mol. The van der Waals surface area contributed by atoms with Crippen LogP contribution in [0.2, 0.25) is 0 Å². The lowest BCUT2D eigenvalue weighted by molar-refractivity contribution is -0.116. The first-order valence-electron chi connectivity index (χ1n) is 7.92. The van der Waals surface area contributed by atoms with Gasteiger partial charge in [0.05, 0.1) is 4.90 Å². The fourth-order valence-electron chi connectivity index (χ4n) is 3.43. The van der Waals surface area contributed by atoms with Crippen LogP contribution in [0, 0.1) is 0 Å². The van der Waals surface area contributed by atoms with Crippen molar-refractivity contribution >= 4 is 21.6 Å². The summed E-state index contributed by atoms with van der Waals surface area (Å²) in [6, 6.07) is 5.20. The third-order valence-corrected chi connectivity index (χ3v) is 6.60. The van der Waals surface area contributed by atoms with Crippen molar-refractivity contribution in [3.63, 3.8) is 0 Å². The molecule has 1 saturated heterocycles. The number of hydrogen-bond donors (Lipinski definition) is 0. The first-order chi connectivity index (χ1) is 10.8. The van der Waals surface area contributed by atoms with Crippen molar-refractivity contribution in [3.05, 3.63) is 23.8 Å². The number of amides is 1. The number of likely N-dealkylation sites (N-methyl/N-ethyl adjacent to an activating group) is 1. The highest BCUT2D eigenvalue weighted by Gasteiger charge is 2.32. The van der Waals surface area contributed by atoms with Crippen molar-refractivity contribution in [1.82, 2.24) is 9.21 Å². The minimum absolute atomic E-state index is 0.00840. The smallest absolute Gasteiger partial charge is 0.243 e. The molecule has 0 spiro atoms. The second-order valence-corrected chi connectivity index (χ2v) is 8.38. The zero-order valence-corrected chi connectivity index (χ0v) is 14.6. The van der Waals surface area contributed by atoms with Crippen LogP contribution in [0.1, 0.15) is 19.4 Å². The number of carbonyl (C=O) groups excluding carboxylic acids is 1. The maximum absolute atomic E-state index is 12.8. The van der Waals surface area contributed by atoms with E-state index in [9.17, 15) is 13.2 Å². The number of benzene rings is 1. The molecule has 7 heteroatoms. The molecule has 3 rings (SSSR count). The van der Waals surface area contributed by atoms with Gasteiger partial charge in [0.15, 0.2) is 0 Å². The zero-order chi connectivity index (χ0) is 16.8. The van der Waals surface area contributed by atoms with Gasteiger partial charge in [-0.3, -0.25) is 4.79 Å². The van der Waals surface area contributed by atoms with E-state index in [0.717, 1.165) is 24.3 Å². The first kappa shape index (κ1) is 16.4. The van der Waals surface area contributed by atoms with E-state index in [0.29, 0.717) is 24.4 Å². The Morgan fingerprint density at radius 1 is 1.17 bits per heavy atom. The molecule has 0 aliphatic carbocycles. The van der Waals surface area contributed by atoms with E-state index in [1.54, 1.807) is 34.3 Å². The van der Waals surface area contributed by atoms with Crippen LogP contribution in [-0.4, -0.2) is 62.8 Å². The zero-order valence-electron chi connectivity index (χ0n) is 13.8. The lowest BCUT2D eigenvalue weighted by atomic mass is 10.1. The van der Waals surface area contributed by atoms with Gasteiger partial charge in [0.1, 0.15) is 0 Å². The van der Waals surface area contributed by atoms with Crippen LogP contribution in [0.25, 0.3) is 0 Å². The average Bonchev–Trinajstić information content (AvgIpc) is 2.82. The highest BCUT2D eigenvalue weighted by Crippen LogP contribution is 2.34. The SMILES string of the molecule is CC(=O)N1c2ccc(S(=O)(=O)N3CCN(C)CC3)cc2CC1C. The van der Waals surface area contributed by atoms with E-state index in [4.69, 9.17) is 0 Å². The summed E-state index contributed by atoms with van der Waals surface area (Å²) in [6.07, 6.45) is 0.695. The Hall–Kier alpha value is -1.44. The molecule has 2 heterocycles. The van der Waals surface area contributed by atoms with Gasteiger partial charge in [-0.1, -0.05) is 0 Å². The van der Waals surface area contributed by atoms with Crippen molar-refractivity contribution in [2.24, 2.45) is 0 Å². The molecule has 2 aliphatic heterocycles. The molecule has 1 atom stereocenters. The Bertz CT molecular complexity index is 724. The summed E-state index contributed by atoms with van der Waals surface area (Å²) in [5, 5.41) is 0. The maximum atomic E-state index is 12.8. The normalized spacial score (nSPS) is 23.1. The van der Waals surface area contributed by atoms with Gasteiger partial charge in [0.2, 0.25) is 15.9 Å². The molecule has 1 amide bonds. The molecule has 0 radical (unpaired) electrons. The van der Waals surface area contributed by atoms with Crippen molar-refractivity contribution < 1.29 is 13.2 Å². The third kappa shape index (κ3) is 2.88. The van der Waals surface area contributed by atoms with Gasteiger partial charge in [-0.2, -0.15) is 4.31 Å². The van der Waals surface area contributed by atoms with Crippen LogP contribution >= 0.6 is 0 Å². The molecular formula is C16H23N3O3S. The Morgan fingerprint density at radius 3 is 2.43 bits per heavy atom. The van der Waals surface area contributed by atoms with Gasteiger partial charge >= 0.3 is 0 Å². The number of anilines is 1. The Labute approximate surface area is 137 Å². The van der Waals surface area contributed by atoms with Crippen molar-refractivity contribution in [1.29, 1.82) is 0 Å². The summed E-state index contributed by atoms with van der Waals surface area (Å²) in [6.45, 7) is 6.06. The number of hydrogen-bond acceptors (Lipinski definition) is 4. The van der Waals surface area contributed by atoms with Crippen LogP contribution in [0.4, 0.5) is 5.69 Å². The van der Waals surface area contributed by atoms with Crippen LogP contribution in [-0.2, 0) is 21.2 Å². The minimum atomic E-state index is -3.46. The van der Waals surface area contributed by atoms with Gasteiger partial charge in [0, 0.05) is 44.8 Å². The summed E-state index contributed by atoms with van der Waals surface area (Å²) in [5.74, 6) is -0.00840. The maximum Gasteiger partial charge on any atom is 0.243 e. The molecule has 23 heavy (non-hydrogen) atoms. The van der Waals surface area contributed by atoms with Crippen molar-refractivity contribution in [2.75, 3.05) is 38.1 Å². The van der Waals surface area contributed by atoms with Crippen LogP contribution in [0.15, 0.2) is 23.1 Å². The van der Waals surface area contributed by atoms with E-state index in [1.165, 1.54) is 0 Å². The summed E-state index contributed by atoms with van der Waals surface area (Å²) in [4.78, 5) is 16.0. The molecule has 2 aliphatic rings. The lowest BCUT2D eigenvalue weighted by Crippen LogP contribution is -2.47. The molecule has 1 unspecified atom stereocenters. The molecular weight excluding hydrogens is 314 g/mol. The number of rotatable bonds is 2. The topological polar surface area (TPSA) is 60.9 Å². The minimum Gasteiger partial charge on any atom is -0.309 e. The summed E-state index contributed by atoms with van der Waals surface area (Å²) in [7, 11) is -1.46. The van der Waals surface area contributed by atoms with Gasteiger partial charge in [-0.15, -0.1) is 0 Å². The van der Waals surface area contributed by atoms with Crippen LogP contribution < -0.4 is 4.90 Å². The summed E-state index contributed by atoms with van der Waals surface area (Å²) in [5.41, 5.74) is 1.77. The lowest BCUT2D eigenvalue weighted by Gasteiger charge is -2.31. The number of piperazine rings is 1. The molecule has 0 saturated carbocycles. The Balaban J connectivity index is 1.91. The fraction of sp³-hybridized carbons (Fsp3) is 0.562.